The van der Waals surface area contributed by atoms with E-state index in [1.54, 1.807) is 48.5 Å². The van der Waals surface area contributed by atoms with Gasteiger partial charge in [-0.25, -0.2) is 14.4 Å². The van der Waals surface area contributed by atoms with Crippen LogP contribution in [0.2, 0.25) is 0 Å². The molecule has 0 spiro atoms. The molecule has 0 aliphatic carbocycles. The van der Waals surface area contributed by atoms with Crippen LogP contribution in [0.15, 0.2) is 97.1 Å². The van der Waals surface area contributed by atoms with Crippen LogP contribution in [0.5, 0.6) is 11.5 Å². The smallest absolute Gasteiger partial charge is 0.410 e. The first kappa shape index (κ1) is 36.0. The molecule has 0 fully saturated rings. The number of para-hydroxylation sites is 1. The Balaban J connectivity index is 1.88. The summed E-state index contributed by atoms with van der Waals surface area (Å²) in [4.78, 5) is 52.7. The van der Waals surface area contributed by atoms with E-state index in [1.165, 1.54) is 33.2 Å². The molecule has 4 aromatic rings. The van der Waals surface area contributed by atoms with Crippen molar-refractivity contribution in [1.29, 1.82) is 0 Å². The number of hydrogen-bond donors (Lipinski definition) is 4. The minimum atomic E-state index is -1.66. The number of phenols is 1. The molecule has 0 aliphatic heterocycles. The first-order valence-electron chi connectivity index (χ1n) is 15.4. The van der Waals surface area contributed by atoms with E-state index in [2.05, 4.69) is 5.32 Å². The number of carbonyl (C=O) groups excluding carboxylic acids is 3. The molecule has 4 aromatic carbocycles. The molecule has 2 amide bonds. The van der Waals surface area contributed by atoms with Crippen molar-refractivity contribution in [2.24, 2.45) is 5.73 Å². The lowest BCUT2D eigenvalue weighted by Crippen LogP contribution is -2.48. The molecule has 12 nitrogen and oxygen atoms in total. The van der Waals surface area contributed by atoms with Gasteiger partial charge in [-0.15, -0.1) is 0 Å². The maximum Gasteiger partial charge on any atom is 0.410 e. The molecule has 3 atom stereocenters. The largest absolute Gasteiger partial charge is 0.507 e. The molecule has 4 rings (SSSR count). The van der Waals surface area contributed by atoms with Crippen LogP contribution in [0.25, 0.3) is 11.1 Å². The number of amides is 2. The standard InChI is InChI=1S/C37H39N3O9/c1-23(38)34(42)39-30(36(45)47-3)20-26-18-28(27-16-10-11-17-31(27)41)33(48-21-24-12-6-4-7-13-24)29(19-26)32(35(43)44)40(2)37(46)49-22-25-14-8-5-9-15-25/h4-19,23,30,32,41H,20-22,38H2,1-3H3,(H,39,42)(H,43,44). The number of carboxylic acids is 1. The first-order valence-corrected chi connectivity index (χ1v) is 15.4. The topological polar surface area (TPSA) is 178 Å². The van der Waals surface area contributed by atoms with Gasteiger partial charge in [0.05, 0.1) is 13.2 Å². The van der Waals surface area contributed by atoms with Gasteiger partial charge in [0.1, 0.15) is 30.8 Å². The maximum atomic E-state index is 13.4. The van der Waals surface area contributed by atoms with Gasteiger partial charge in [-0.1, -0.05) is 78.9 Å². The zero-order chi connectivity index (χ0) is 35.5. The van der Waals surface area contributed by atoms with Crippen molar-refractivity contribution in [3.63, 3.8) is 0 Å². The highest BCUT2D eigenvalue weighted by Gasteiger charge is 2.35. The second-order valence-corrected chi connectivity index (χ2v) is 11.3. The van der Waals surface area contributed by atoms with Crippen molar-refractivity contribution in [1.82, 2.24) is 10.2 Å². The summed E-state index contributed by atoms with van der Waals surface area (Å²) < 4.78 is 16.8. The van der Waals surface area contributed by atoms with E-state index in [0.717, 1.165) is 10.5 Å². The van der Waals surface area contributed by atoms with Crippen molar-refractivity contribution in [3.05, 3.63) is 119 Å². The van der Waals surface area contributed by atoms with Gasteiger partial charge >= 0.3 is 18.0 Å². The third kappa shape index (κ3) is 9.36. The van der Waals surface area contributed by atoms with Crippen LogP contribution in [0.3, 0.4) is 0 Å². The predicted molar refractivity (Wildman–Crippen MR) is 180 cm³/mol. The number of carboxylic acid groups (broad SMARTS) is 1. The van der Waals surface area contributed by atoms with E-state index in [1.807, 2.05) is 36.4 Å². The number of nitrogens with two attached hydrogens (primary N) is 1. The summed E-state index contributed by atoms with van der Waals surface area (Å²) in [5.41, 5.74) is 8.17. The summed E-state index contributed by atoms with van der Waals surface area (Å²) in [5, 5.41) is 24.2. The van der Waals surface area contributed by atoms with Gasteiger partial charge in [-0.05, 0) is 41.8 Å². The number of esters is 1. The van der Waals surface area contributed by atoms with E-state index in [-0.39, 0.29) is 42.3 Å². The number of likely N-dealkylation sites (N-methyl/N-ethyl adjacent to an activating group) is 1. The quantitative estimate of drug-likeness (QED) is 0.139. The van der Waals surface area contributed by atoms with Gasteiger partial charge in [0.2, 0.25) is 5.91 Å². The molecule has 5 N–H and O–H groups in total. The Morgan fingerprint density at radius 3 is 2.00 bits per heavy atom. The van der Waals surface area contributed by atoms with E-state index < -0.39 is 42.1 Å². The second-order valence-electron chi connectivity index (χ2n) is 11.3. The summed E-state index contributed by atoms with van der Waals surface area (Å²) >= 11 is 0. The maximum absolute atomic E-state index is 13.4. The molecule has 0 saturated heterocycles. The van der Waals surface area contributed by atoms with Crippen LogP contribution in [0, 0.1) is 0 Å². The van der Waals surface area contributed by atoms with Crippen LogP contribution in [0.4, 0.5) is 4.79 Å². The molecule has 0 radical (unpaired) electrons. The SMILES string of the molecule is COC(=O)C(Cc1cc(-c2ccccc2O)c(OCc2ccccc2)c(C(C(=O)O)N(C)C(=O)OCc2ccccc2)c1)NC(=O)C(C)N. The fraction of sp³-hybridized carbons (Fsp3) is 0.243. The minimum absolute atomic E-state index is 0.0114. The summed E-state index contributed by atoms with van der Waals surface area (Å²) in [6.07, 6.45) is -1.08. The van der Waals surface area contributed by atoms with Gasteiger partial charge in [-0.2, -0.15) is 0 Å². The minimum Gasteiger partial charge on any atom is -0.507 e. The third-order valence-corrected chi connectivity index (χ3v) is 7.66. The Bertz CT molecular complexity index is 1760. The van der Waals surface area contributed by atoms with Crippen molar-refractivity contribution in [3.8, 4) is 22.6 Å². The zero-order valence-corrected chi connectivity index (χ0v) is 27.4. The summed E-state index contributed by atoms with van der Waals surface area (Å²) in [5.74, 6) is -2.84. The number of aromatic hydroxyl groups is 1. The van der Waals surface area contributed by atoms with Crippen molar-refractivity contribution < 1.29 is 43.6 Å². The van der Waals surface area contributed by atoms with Crippen LogP contribution in [0.1, 0.15) is 35.2 Å². The van der Waals surface area contributed by atoms with Crippen LogP contribution in [-0.4, -0.2) is 65.3 Å². The molecule has 0 bridgehead atoms. The summed E-state index contributed by atoms with van der Waals surface area (Å²) in [6.45, 7) is 1.37. The van der Waals surface area contributed by atoms with Crippen LogP contribution < -0.4 is 15.8 Å². The van der Waals surface area contributed by atoms with E-state index in [9.17, 15) is 29.4 Å². The Morgan fingerprint density at radius 1 is 0.837 bits per heavy atom. The number of benzene rings is 4. The van der Waals surface area contributed by atoms with Gasteiger partial charge in [0.25, 0.3) is 0 Å². The highest BCUT2D eigenvalue weighted by atomic mass is 16.6. The fourth-order valence-corrected chi connectivity index (χ4v) is 5.13. The van der Waals surface area contributed by atoms with Crippen molar-refractivity contribution in [2.45, 2.75) is 44.7 Å². The normalized spacial score (nSPS) is 12.6. The molecular formula is C37H39N3O9. The van der Waals surface area contributed by atoms with Crippen LogP contribution in [-0.2, 0) is 43.5 Å². The molecule has 49 heavy (non-hydrogen) atoms. The predicted octanol–water partition coefficient (Wildman–Crippen LogP) is 4.58. The van der Waals surface area contributed by atoms with E-state index in [4.69, 9.17) is 19.9 Å². The monoisotopic (exact) mass is 669 g/mol. The summed E-state index contributed by atoms with van der Waals surface area (Å²) in [7, 11) is 2.46. The second kappa shape index (κ2) is 16.8. The average Bonchev–Trinajstić information content (AvgIpc) is 3.10. The van der Waals surface area contributed by atoms with Gasteiger partial charge in [0, 0.05) is 30.2 Å². The first-order chi connectivity index (χ1) is 23.5. The zero-order valence-electron chi connectivity index (χ0n) is 27.4. The Labute approximate surface area is 284 Å². The summed E-state index contributed by atoms with van der Waals surface area (Å²) in [6, 6.07) is 23.8. The average molecular weight is 670 g/mol. The molecular weight excluding hydrogens is 630 g/mol. The highest BCUT2D eigenvalue weighted by molar-refractivity contribution is 5.88. The lowest BCUT2D eigenvalue weighted by molar-refractivity contribution is -0.145. The van der Waals surface area contributed by atoms with E-state index >= 15 is 0 Å². The molecule has 256 valence electrons. The molecule has 12 heteroatoms. The van der Waals surface area contributed by atoms with E-state index in [0.29, 0.717) is 16.7 Å². The molecule has 0 aromatic heterocycles. The number of hydrogen-bond acceptors (Lipinski definition) is 9. The molecule has 0 aliphatic rings. The number of rotatable bonds is 14. The lowest BCUT2D eigenvalue weighted by Gasteiger charge is -2.28. The molecule has 0 saturated carbocycles. The number of phenolic OH excluding ortho intramolecular Hbond substituents is 1. The van der Waals surface area contributed by atoms with Crippen LogP contribution >= 0.6 is 0 Å². The highest BCUT2D eigenvalue weighted by Crippen LogP contribution is 2.43. The number of nitrogens with one attached hydrogen (secondary N) is 1. The Kier molecular flexibility index (Phi) is 12.3. The third-order valence-electron chi connectivity index (χ3n) is 7.66. The Hall–Kier alpha value is -5.88. The van der Waals surface area contributed by atoms with Gasteiger partial charge < -0.3 is 35.5 Å². The van der Waals surface area contributed by atoms with Crippen molar-refractivity contribution >= 4 is 23.9 Å². The van der Waals surface area contributed by atoms with Gasteiger partial charge in [0.15, 0.2) is 6.04 Å². The molecule has 3 unspecified atom stereocenters. The number of methoxy groups -OCH3 is 1. The Morgan fingerprint density at radius 2 is 1.43 bits per heavy atom. The van der Waals surface area contributed by atoms with Crippen molar-refractivity contribution in [2.75, 3.05) is 14.2 Å². The number of nitrogens with zero attached hydrogens (tertiary/aromatic N) is 1. The number of aliphatic carboxylic acids is 1. The number of carbonyl (C=O) groups is 4. The lowest BCUT2D eigenvalue weighted by atomic mass is 9.91. The fourth-order valence-electron chi connectivity index (χ4n) is 5.13. The molecule has 0 heterocycles. The number of ether oxygens (including phenoxy) is 3. The van der Waals surface area contributed by atoms with Gasteiger partial charge in [-0.3, -0.25) is 9.69 Å².